The highest BCUT2D eigenvalue weighted by Crippen LogP contribution is 2.43. The number of nitrogens with zero attached hydrogens (tertiary/aromatic N) is 1. The second-order valence-electron chi connectivity index (χ2n) is 25.4. The fourth-order valence-corrected chi connectivity index (χ4v) is 11.0. The van der Waals surface area contributed by atoms with Gasteiger partial charge in [-0.2, -0.15) is 0 Å². The molecule has 9 nitrogen and oxygen atoms in total. The number of rotatable bonds is 65. The average molecular weight is 1210 g/mol. The van der Waals surface area contributed by atoms with E-state index in [1.165, 1.54) is 205 Å². The number of nitrogens with one attached hydrogen (secondary N) is 1. The zero-order valence-electron chi connectivity index (χ0n) is 56.6. The minimum absolute atomic E-state index is 0.0319. The molecule has 0 bridgehead atoms. The van der Waals surface area contributed by atoms with E-state index in [2.05, 4.69) is 99.0 Å². The third-order valence-electron chi connectivity index (χ3n) is 15.8. The van der Waals surface area contributed by atoms with Gasteiger partial charge in [0.1, 0.15) is 19.3 Å². The summed E-state index contributed by atoms with van der Waals surface area (Å²) in [6.07, 6.45) is 86.0. The number of carbonyl (C=O) groups is 2. The number of phosphoric acid groups is 1. The molecule has 0 spiro atoms. The first-order chi connectivity index (χ1) is 41.4. The maximum atomic E-state index is 13.6. The van der Waals surface area contributed by atoms with Crippen molar-refractivity contribution in [2.75, 3.05) is 40.9 Å². The summed E-state index contributed by atoms with van der Waals surface area (Å²) < 4.78 is 30.8. The average Bonchev–Trinajstić information content (AvgIpc) is 3.50. The van der Waals surface area contributed by atoms with E-state index < -0.39 is 20.0 Å². The number of unbranched alkanes of at least 4 members (excludes halogenated alkanes) is 37. The zero-order chi connectivity index (χ0) is 62.1. The molecule has 0 heterocycles. The predicted molar refractivity (Wildman–Crippen MR) is 369 cm³/mol. The summed E-state index contributed by atoms with van der Waals surface area (Å²) in [4.78, 5) is 37.9. The van der Waals surface area contributed by atoms with Gasteiger partial charge in [0.25, 0.3) is 0 Å². The Morgan fingerprint density at radius 2 is 0.718 bits per heavy atom. The second-order valence-corrected chi connectivity index (χ2v) is 26.9. The van der Waals surface area contributed by atoms with Gasteiger partial charge in [-0.1, -0.05) is 292 Å². The molecule has 494 valence electrons. The molecule has 0 aliphatic rings. The smallest absolute Gasteiger partial charge is 0.456 e. The SMILES string of the molecule is CCCCC/C=C\C/C=C\C/C=C\C/C=C\CCCCCC(=O)NC(COP(=O)(O)OCC[N+](C)(C)C)C(/C=C\CCCCCCCCCCCCC)OC(=O)CCCCCCCCCCCCCCCCCCC/C=C\C/C=C\CCCCC. The lowest BCUT2D eigenvalue weighted by molar-refractivity contribution is -0.870. The van der Waals surface area contributed by atoms with Crippen molar-refractivity contribution in [2.45, 2.75) is 341 Å². The van der Waals surface area contributed by atoms with Crippen LogP contribution in [0.2, 0.25) is 0 Å². The van der Waals surface area contributed by atoms with Gasteiger partial charge in [-0.05, 0) is 109 Å². The molecular formula is C75H138N2O7P+. The van der Waals surface area contributed by atoms with E-state index in [9.17, 15) is 19.0 Å². The van der Waals surface area contributed by atoms with Crippen molar-refractivity contribution in [1.82, 2.24) is 5.32 Å². The van der Waals surface area contributed by atoms with Crippen molar-refractivity contribution < 1.29 is 37.3 Å². The zero-order valence-corrected chi connectivity index (χ0v) is 57.5. The fourth-order valence-electron chi connectivity index (χ4n) is 10.2. The van der Waals surface area contributed by atoms with Crippen molar-refractivity contribution >= 4 is 19.7 Å². The Balaban J connectivity index is 5.09. The summed E-state index contributed by atoms with van der Waals surface area (Å²) in [7, 11) is 1.48. The van der Waals surface area contributed by atoms with Crippen molar-refractivity contribution in [3.05, 3.63) is 85.1 Å². The first-order valence-electron chi connectivity index (χ1n) is 35.9. The number of ether oxygens (including phenoxy) is 1. The second kappa shape index (κ2) is 64.2. The number of amides is 1. The topological polar surface area (TPSA) is 111 Å². The van der Waals surface area contributed by atoms with Gasteiger partial charge in [0.05, 0.1) is 33.8 Å². The molecule has 3 unspecified atom stereocenters. The van der Waals surface area contributed by atoms with Crippen LogP contribution in [-0.2, 0) is 27.9 Å². The molecular weight excluding hydrogens is 1070 g/mol. The maximum Gasteiger partial charge on any atom is 0.472 e. The Bertz CT molecular complexity index is 1730. The van der Waals surface area contributed by atoms with Crippen LogP contribution in [-0.4, -0.2) is 74.3 Å². The quantitative estimate of drug-likeness (QED) is 0.0205. The monoisotopic (exact) mass is 1210 g/mol. The van der Waals surface area contributed by atoms with Crippen LogP contribution in [0.5, 0.6) is 0 Å². The number of hydrogen-bond donors (Lipinski definition) is 2. The van der Waals surface area contributed by atoms with E-state index in [4.69, 9.17) is 13.8 Å². The van der Waals surface area contributed by atoms with Crippen LogP contribution in [0.15, 0.2) is 85.1 Å². The van der Waals surface area contributed by atoms with Gasteiger partial charge in [0.2, 0.25) is 5.91 Å². The van der Waals surface area contributed by atoms with Gasteiger partial charge < -0.3 is 19.4 Å². The third-order valence-corrected chi connectivity index (χ3v) is 16.8. The normalized spacial score (nSPS) is 14.0. The molecule has 2 N–H and O–H groups in total. The number of esters is 1. The van der Waals surface area contributed by atoms with Crippen LogP contribution in [0, 0.1) is 0 Å². The molecule has 0 fully saturated rings. The Labute approximate surface area is 526 Å². The van der Waals surface area contributed by atoms with E-state index in [1.807, 2.05) is 33.3 Å². The van der Waals surface area contributed by atoms with E-state index in [0.29, 0.717) is 23.9 Å². The van der Waals surface area contributed by atoms with Crippen LogP contribution in [0.1, 0.15) is 329 Å². The Morgan fingerprint density at radius 3 is 1.11 bits per heavy atom. The maximum absolute atomic E-state index is 13.6. The lowest BCUT2D eigenvalue weighted by Crippen LogP contribution is -2.47. The summed E-state index contributed by atoms with van der Waals surface area (Å²) in [5.74, 6) is -0.532. The molecule has 0 saturated heterocycles. The van der Waals surface area contributed by atoms with E-state index in [0.717, 1.165) is 83.5 Å². The largest absolute Gasteiger partial charge is 0.472 e. The lowest BCUT2D eigenvalue weighted by atomic mass is 10.0. The van der Waals surface area contributed by atoms with Crippen LogP contribution >= 0.6 is 7.82 Å². The highest BCUT2D eigenvalue weighted by molar-refractivity contribution is 7.47. The number of quaternary nitrogens is 1. The lowest BCUT2D eigenvalue weighted by Gasteiger charge is -2.27. The highest BCUT2D eigenvalue weighted by atomic mass is 31.2. The highest BCUT2D eigenvalue weighted by Gasteiger charge is 2.30. The number of hydrogen-bond acceptors (Lipinski definition) is 6. The molecule has 0 aliphatic heterocycles. The molecule has 0 radical (unpaired) electrons. The number of carbonyl (C=O) groups excluding carboxylic acids is 2. The van der Waals surface area contributed by atoms with Crippen molar-refractivity contribution in [1.29, 1.82) is 0 Å². The molecule has 0 aliphatic carbocycles. The van der Waals surface area contributed by atoms with Crippen LogP contribution in [0.25, 0.3) is 0 Å². The van der Waals surface area contributed by atoms with Crippen LogP contribution < -0.4 is 5.32 Å². The Morgan fingerprint density at radius 1 is 0.412 bits per heavy atom. The van der Waals surface area contributed by atoms with Crippen molar-refractivity contribution in [3.8, 4) is 0 Å². The standard InChI is InChI=1S/C75H137N2O7P/c1-7-10-13-16-19-22-25-28-30-32-34-35-36-37-38-39-40-41-43-45-47-50-53-56-59-62-65-68-75(79)84-73(66-63-60-57-54-51-48-27-24-21-18-15-12-9-3)72(71-83-85(80,81)82-70-69-77(4,5)6)76-74(78)67-64-61-58-55-52-49-46-44-42-33-31-29-26-23-20-17-14-11-8-2/h19-20,22-23,28-31,42,44,49,52,63,66,72-73H,7-18,21,24-27,32-41,43,45-48,50-51,53-62,64-65,67-71H2,1-6H3,(H-,76,78,80,81)/p+1/b22-19-,23-20-,30-28-,31-29-,44-42-,52-49-,66-63-. The summed E-state index contributed by atoms with van der Waals surface area (Å²) in [6.45, 7) is 6.97. The molecule has 0 aromatic carbocycles. The Hall–Kier alpha value is -2.81. The number of allylic oxidation sites excluding steroid dienone is 13. The van der Waals surface area contributed by atoms with Crippen molar-refractivity contribution in [3.63, 3.8) is 0 Å². The van der Waals surface area contributed by atoms with Crippen LogP contribution in [0.4, 0.5) is 0 Å². The molecule has 0 rings (SSSR count). The van der Waals surface area contributed by atoms with E-state index in [-0.39, 0.29) is 31.5 Å². The van der Waals surface area contributed by atoms with Crippen molar-refractivity contribution in [2.24, 2.45) is 0 Å². The first kappa shape index (κ1) is 82.2. The molecule has 10 heteroatoms. The third kappa shape index (κ3) is 65.5. The van der Waals surface area contributed by atoms with E-state index >= 15 is 0 Å². The van der Waals surface area contributed by atoms with Gasteiger partial charge in [0, 0.05) is 12.8 Å². The molecule has 1 amide bonds. The van der Waals surface area contributed by atoms with Gasteiger partial charge in [-0.25, -0.2) is 4.57 Å². The van der Waals surface area contributed by atoms with Gasteiger partial charge in [-0.3, -0.25) is 18.6 Å². The summed E-state index contributed by atoms with van der Waals surface area (Å²) >= 11 is 0. The molecule has 0 aromatic heterocycles. The number of likely N-dealkylation sites (N-methyl/N-ethyl adjacent to an activating group) is 1. The Kier molecular flexibility index (Phi) is 62.1. The minimum Gasteiger partial charge on any atom is -0.456 e. The summed E-state index contributed by atoms with van der Waals surface area (Å²) in [5, 5.41) is 3.05. The minimum atomic E-state index is -4.47. The molecule has 85 heavy (non-hydrogen) atoms. The van der Waals surface area contributed by atoms with Gasteiger partial charge in [0.15, 0.2) is 0 Å². The van der Waals surface area contributed by atoms with Gasteiger partial charge in [-0.15, -0.1) is 0 Å². The predicted octanol–water partition coefficient (Wildman–Crippen LogP) is 22.9. The molecule has 0 aromatic rings. The van der Waals surface area contributed by atoms with E-state index in [1.54, 1.807) is 0 Å². The fraction of sp³-hybridized carbons (Fsp3) is 0.787. The molecule has 0 saturated carbocycles. The summed E-state index contributed by atoms with van der Waals surface area (Å²) in [5.41, 5.74) is 0. The number of phosphoric ester groups is 1. The summed E-state index contributed by atoms with van der Waals surface area (Å²) in [6, 6.07) is -0.869. The van der Waals surface area contributed by atoms with Crippen LogP contribution in [0.3, 0.4) is 0 Å². The first-order valence-corrected chi connectivity index (χ1v) is 37.4. The molecule has 3 atom stereocenters. The van der Waals surface area contributed by atoms with Gasteiger partial charge >= 0.3 is 13.8 Å².